The molecule has 0 saturated heterocycles. The van der Waals surface area contributed by atoms with Crippen molar-refractivity contribution in [2.24, 2.45) is 0 Å². The number of hydrogen-bond acceptors (Lipinski definition) is 5. The molecular weight excluding hydrogens is 445 g/mol. The Hall–Kier alpha value is -3.25. The minimum Gasteiger partial charge on any atom is -0.383 e. The maximum absolute atomic E-state index is 14.9. The number of nitrogens with one attached hydrogen (secondary N) is 1. The fourth-order valence-electron chi connectivity index (χ4n) is 2.74. The zero-order chi connectivity index (χ0) is 23.0. The molecule has 1 unspecified atom stereocenters. The molecule has 1 atom stereocenters. The number of nitrogens with two attached hydrogens (primary N) is 1. The topological polar surface area (TPSA) is 105 Å². The maximum atomic E-state index is 14.9. The summed E-state index contributed by atoms with van der Waals surface area (Å²) >= 11 is 0. The molecule has 3 rings (SSSR count). The Morgan fingerprint density at radius 2 is 1.68 bits per heavy atom. The highest BCUT2D eigenvalue weighted by molar-refractivity contribution is 7.92. The quantitative estimate of drug-likeness (QED) is 0.503. The first-order chi connectivity index (χ1) is 14.4. The summed E-state index contributed by atoms with van der Waals surface area (Å²) < 4.78 is 93.9. The smallest absolute Gasteiger partial charge is 0.383 e. The van der Waals surface area contributed by atoms with E-state index in [1.54, 1.807) is 0 Å². The van der Waals surface area contributed by atoms with E-state index in [-0.39, 0.29) is 11.4 Å². The molecule has 4 N–H and O–H groups in total. The zero-order valence-electron chi connectivity index (χ0n) is 15.4. The van der Waals surface area contributed by atoms with Crippen LogP contribution >= 0.6 is 0 Å². The highest BCUT2D eigenvalue weighted by Crippen LogP contribution is 2.34. The number of alkyl halides is 3. The molecule has 0 fully saturated rings. The molecule has 6 nitrogen and oxygen atoms in total. The van der Waals surface area contributed by atoms with Crippen LogP contribution in [0.2, 0.25) is 0 Å². The lowest BCUT2D eigenvalue weighted by Gasteiger charge is -2.17. The van der Waals surface area contributed by atoms with Crippen LogP contribution < -0.4 is 10.5 Å². The number of pyridine rings is 1. The standard InChI is InChI=1S/C19H14F5N3O3S/c20-13-7-8-14(16(21)15(13)17(28)12-2-1-9-26-18(12)25)27-31(29,30)11-5-3-10(4-6-11)19(22,23)24/h1-9,17,27-28H,(H2,25,26). The van der Waals surface area contributed by atoms with E-state index in [2.05, 4.69) is 4.98 Å². The van der Waals surface area contributed by atoms with Crippen LogP contribution in [0.25, 0.3) is 0 Å². The van der Waals surface area contributed by atoms with Crippen molar-refractivity contribution in [3.8, 4) is 0 Å². The zero-order valence-corrected chi connectivity index (χ0v) is 16.2. The maximum Gasteiger partial charge on any atom is 0.416 e. The van der Waals surface area contributed by atoms with Crippen molar-refractivity contribution in [3.05, 3.63) is 83.1 Å². The number of sulfonamides is 1. The van der Waals surface area contributed by atoms with Gasteiger partial charge in [0.05, 0.1) is 21.7 Å². The van der Waals surface area contributed by atoms with Crippen molar-refractivity contribution in [2.45, 2.75) is 17.2 Å². The summed E-state index contributed by atoms with van der Waals surface area (Å²) in [6.07, 6.45) is -5.27. The van der Waals surface area contributed by atoms with Gasteiger partial charge in [-0.15, -0.1) is 0 Å². The molecule has 0 amide bonds. The van der Waals surface area contributed by atoms with Crippen molar-refractivity contribution in [3.63, 3.8) is 0 Å². The number of aromatic nitrogens is 1. The van der Waals surface area contributed by atoms with Crippen molar-refractivity contribution < 1.29 is 35.5 Å². The lowest BCUT2D eigenvalue weighted by atomic mass is 10.0. The summed E-state index contributed by atoms with van der Waals surface area (Å²) in [6, 6.07) is 6.64. The molecule has 1 aromatic heterocycles. The molecular formula is C19H14F5N3O3S. The highest BCUT2D eigenvalue weighted by atomic mass is 32.2. The minimum absolute atomic E-state index is 0.108. The molecule has 0 aliphatic rings. The summed E-state index contributed by atoms with van der Waals surface area (Å²) in [5.74, 6) is -2.79. The molecule has 0 spiro atoms. The van der Waals surface area contributed by atoms with Gasteiger partial charge in [-0.2, -0.15) is 13.2 Å². The molecule has 0 aliphatic heterocycles. The predicted octanol–water partition coefficient (Wildman–Crippen LogP) is 3.84. The molecule has 164 valence electrons. The van der Waals surface area contributed by atoms with Gasteiger partial charge in [0.15, 0.2) is 5.82 Å². The first-order valence-corrected chi connectivity index (χ1v) is 9.96. The van der Waals surface area contributed by atoms with Crippen molar-refractivity contribution >= 4 is 21.5 Å². The molecule has 0 aliphatic carbocycles. The Morgan fingerprint density at radius 3 is 2.26 bits per heavy atom. The van der Waals surface area contributed by atoms with Crippen LogP contribution in [0.4, 0.5) is 33.5 Å². The number of nitrogen functional groups attached to an aromatic ring is 1. The number of rotatable bonds is 5. The summed E-state index contributed by atoms with van der Waals surface area (Å²) in [4.78, 5) is 3.13. The average molecular weight is 459 g/mol. The summed E-state index contributed by atoms with van der Waals surface area (Å²) in [5, 5.41) is 10.4. The molecule has 0 radical (unpaired) electrons. The van der Waals surface area contributed by atoms with Gasteiger partial charge in [0.25, 0.3) is 10.0 Å². The van der Waals surface area contributed by atoms with E-state index in [1.807, 2.05) is 4.72 Å². The number of aliphatic hydroxyl groups is 1. The van der Waals surface area contributed by atoms with Gasteiger partial charge >= 0.3 is 6.18 Å². The Labute approximate surface area is 173 Å². The number of aliphatic hydroxyl groups excluding tert-OH is 1. The number of halogens is 5. The van der Waals surface area contributed by atoms with E-state index >= 15 is 0 Å². The van der Waals surface area contributed by atoms with Gasteiger partial charge in [-0.1, -0.05) is 6.07 Å². The SMILES string of the molecule is Nc1ncccc1C(O)c1c(F)ccc(NS(=O)(=O)c2ccc(C(F)(F)F)cc2)c1F. The molecule has 3 aromatic rings. The molecule has 12 heteroatoms. The van der Waals surface area contributed by atoms with Crippen LogP contribution in [-0.4, -0.2) is 18.5 Å². The molecule has 0 bridgehead atoms. The average Bonchev–Trinajstić information content (AvgIpc) is 2.70. The number of benzene rings is 2. The van der Waals surface area contributed by atoms with E-state index in [0.717, 1.165) is 12.1 Å². The van der Waals surface area contributed by atoms with Crippen LogP contribution in [0.1, 0.15) is 22.8 Å². The number of nitrogens with zero attached hydrogens (tertiary/aromatic N) is 1. The highest BCUT2D eigenvalue weighted by Gasteiger charge is 2.31. The van der Waals surface area contributed by atoms with Gasteiger partial charge in [0.2, 0.25) is 0 Å². The lowest BCUT2D eigenvalue weighted by molar-refractivity contribution is -0.137. The van der Waals surface area contributed by atoms with Crippen LogP contribution in [0.15, 0.2) is 59.6 Å². The van der Waals surface area contributed by atoms with E-state index < -0.39 is 55.6 Å². The van der Waals surface area contributed by atoms with E-state index in [9.17, 15) is 35.5 Å². The molecule has 0 saturated carbocycles. The predicted molar refractivity (Wildman–Crippen MR) is 101 cm³/mol. The van der Waals surface area contributed by atoms with Gasteiger partial charge in [-0.25, -0.2) is 22.2 Å². The molecule has 2 aromatic carbocycles. The first kappa shape index (κ1) is 22.4. The van der Waals surface area contributed by atoms with Crippen LogP contribution in [-0.2, 0) is 16.2 Å². The monoisotopic (exact) mass is 459 g/mol. The largest absolute Gasteiger partial charge is 0.416 e. The molecule has 1 heterocycles. The number of hydrogen-bond donors (Lipinski definition) is 3. The third-order valence-corrected chi connectivity index (χ3v) is 5.68. The Morgan fingerprint density at radius 1 is 1.03 bits per heavy atom. The Kier molecular flexibility index (Phi) is 5.87. The first-order valence-electron chi connectivity index (χ1n) is 8.48. The van der Waals surface area contributed by atoms with E-state index in [1.165, 1.54) is 18.3 Å². The Balaban J connectivity index is 1.97. The van der Waals surface area contributed by atoms with Gasteiger partial charge < -0.3 is 10.8 Å². The second kappa shape index (κ2) is 8.12. The van der Waals surface area contributed by atoms with E-state index in [4.69, 9.17) is 5.73 Å². The lowest BCUT2D eigenvalue weighted by Crippen LogP contribution is -2.17. The van der Waals surface area contributed by atoms with Crippen molar-refractivity contribution in [1.82, 2.24) is 4.98 Å². The minimum atomic E-state index is -4.67. The van der Waals surface area contributed by atoms with Gasteiger partial charge in [0, 0.05) is 11.8 Å². The summed E-state index contributed by atoms with van der Waals surface area (Å²) in [5.41, 5.74) is 2.82. The third kappa shape index (κ3) is 4.59. The Bertz CT molecular complexity index is 1220. The van der Waals surface area contributed by atoms with Gasteiger partial charge in [-0.05, 0) is 42.5 Å². The van der Waals surface area contributed by atoms with E-state index in [0.29, 0.717) is 24.3 Å². The van der Waals surface area contributed by atoms with Gasteiger partial charge in [0.1, 0.15) is 17.7 Å². The fourth-order valence-corrected chi connectivity index (χ4v) is 3.80. The normalized spacial score (nSPS) is 13.1. The van der Waals surface area contributed by atoms with Crippen molar-refractivity contribution in [1.29, 1.82) is 0 Å². The fraction of sp³-hybridized carbons (Fsp3) is 0.105. The van der Waals surface area contributed by atoms with Crippen LogP contribution in [0.5, 0.6) is 0 Å². The summed E-state index contributed by atoms with van der Waals surface area (Å²) in [7, 11) is -4.52. The second-order valence-electron chi connectivity index (χ2n) is 6.33. The third-order valence-electron chi connectivity index (χ3n) is 4.30. The van der Waals surface area contributed by atoms with Gasteiger partial charge in [-0.3, -0.25) is 4.72 Å². The van der Waals surface area contributed by atoms with Crippen LogP contribution in [0, 0.1) is 11.6 Å². The molecule has 31 heavy (non-hydrogen) atoms. The summed E-state index contributed by atoms with van der Waals surface area (Å²) in [6.45, 7) is 0. The van der Waals surface area contributed by atoms with Crippen molar-refractivity contribution in [2.75, 3.05) is 10.5 Å². The second-order valence-corrected chi connectivity index (χ2v) is 8.01. The van der Waals surface area contributed by atoms with Crippen LogP contribution in [0.3, 0.4) is 0 Å². The number of anilines is 2.